The van der Waals surface area contributed by atoms with Gasteiger partial charge in [0, 0.05) is 68.1 Å². The Labute approximate surface area is 173 Å². The lowest BCUT2D eigenvalue weighted by atomic mass is 9.95. The summed E-state index contributed by atoms with van der Waals surface area (Å²) in [5, 5.41) is 0. The van der Waals surface area contributed by atoms with E-state index in [9.17, 15) is 0 Å². The van der Waals surface area contributed by atoms with Crippen molar-refractivity contribution in [1.82, 2.24) is 24.8 Å². The van der Waals surface area contributed by atoms with Crippen LogP contribution in [0.25, 0.3) is 0 Å². The van der Waals surface area contributed by atoms with Gasteiger partial charge in [-0.1, -0.05) is 20.8 Å². The molecule has 4 rings (SSSR count). The molecule has 0 aromatic carbocycles. The van der Waals surface area contributed by atoms with Crippen molar-refractivity contribution in [2.45, 2.75) is 51.4 Å². The first-order valence-corrected chi connectivity index (χ1v) is 10.7. The fourth-order valence-corrected chi connectivity index (χ4v) is 3.57. The number of hydrogen-bond acceptors (Lipinski definition) is 7. The third-order valence-electron chi connectivity index (χ3n) is 5.52. The van der Waals surface area contributed by atoms with Gasteiger partial charge in [0.2, 0.25) is 5.88 Å². The van der Waals surface area contributed by atoms with Crippen LogP contribution in [0.3, 0.4) is 0 Å². The van der Waals surface area contributed by atoms with Crippen LogP contribution in [0.4, 0.5) is 5.82 Å². The van der Waals surface area contributed by atoms with Crippen LogP contribution >= 0.6 is 0 Å². The van der Waals surface area contributed by atoms with Crippen molar-refractivity contribution in [3.8, 4) is 5.88 Å². The minimum atomic E-state index is -0.0227. The van der Waals surface area contributed by atoms with Gasteiger partial charge in [-0.05, 0) is 19.3 Å². The summed E-state index contributed by atoms with van der Waals surface area (Å²) >= 11 is 0. The van der Waals surface area contributed by atoms with E-state index < -0.39 is 0 Å². The lowest BCUT2D eigenvalue weighted by Gasteiger charge is -2.36. The van der Waals surface area contributed by atoms with E-state index in [1.807, 2.05) is 0 Å². The van der Waals surface area contributed by atoms with Crippen molar-refractivity contribution in [3.05, 3.63) is 36.2 Å². The highest BCUT2D eigenvalue weighted by molar-refractivity contribution is 5.42. The van der Waals surface area contributed by atoms with Crippen molar-refractivity contribution < 1.29 is 4.74 Å². The molecular weight excluding hydrogens is 364 g/mol. The summed E-state index contributed by atoms with van der Waals surface area (Å²) in [6, 6.07) is 4.03. The van der Waals surface area contributed by atoms with Gasteiger partial charge in [-0.3, -0.25) is 4.90 Å². The summed E-state index contributed by atoms with van der Waals surface area (Å²) in [4.78, 5) is 22.7. The summed E-state index contributed by atoms with van der Waals surface area (Å²) < 4.78 is 5.67. The van der Waals surface area contributed by atoms with Crippen LogP contribution in [0, 0.1) is 0 Å². The molecule has 29 heavy (non-hydrogen) atoms. The lowest BCUT2D eigenvalue weighted by molar-refractivity contribution is 0.221. The standard InChI is InChI=1S/C22H32N6O/c1-22(2,3)21-25-18(17-5-6-17)15-19(26-21)28-12-10-27(11-13-28)9-4-14-29-20-7-8-23-16-24-20/h7-8,15-17H,4-6,9-14H2,1-3H3. The fourth-order valence-electron chi connectivity index (χ4n) is 3.57. The summed E-state index contributed by atoms with van der Waals surface area (Å²) in [5.74, 6) is 3.38. The summed E-state index contributed by atoms with van der Waals surface area (Å²) in [6.45, 7) is 12.5. The largest absolute Gasteiger partial charge is 0.478 e. The SMILES string of the molecule is CC(C)(C)c1nc(C2CC2)cc(N2CCN(CCCOc3ccncn3)CC2)n1. The molecule has 1 aliphatic heterocycles. The van der Waals surface area contributed by atoms with Gasteiger partial charge in [0.25, 0.3) is 0 Å². The second-order valence-electron chi connectivity index (χ2n) is 9.08. The fraction of sp³-hybridized carbons (Fsp3) is 0.636. The second kappa shape index (κ2) is 8.61. The van der Waals surface area contributed by atoms with Crippen molar-refractivity contribution >= 4 is 5.82 Å². The molecule has 0 radical (unpaired) electrons. The van der Waals surface area contributed by atoms with Gasteiger partial charge in [0.1, 0.15) is 18.0 Å². The molecule has 0 atom stereocenters. The van der Waals surface area contributed by atoms with Crippen molar-refractivity contribution in [3.63, 3.8) is 0 Å². The van der Waals surface area contributed by atoms with Crippen LogP contribution in [0.1, 0.15) is 57.5 Å². The maximum atomic E-state index is 5.67. The Hall–Kier alpha value is -2.28. The third-order valence-corrected chi connectivity index (χ3v) is 5.52. The van der Waals surface area contributed by atoms with E-state index in [2.05, 4.69) is 46.6 Å². The summed E-state index contributed by atoms with van der Waals surface area (Å²) in [6.07, 6.45) is 6.75. The molecule has 156 valence electrons. The van der Waals surface area contributed by atoms with Gasteiger partial charge in [0.05, 0.1) is 6.61 Å². The smallest absolute Gasteiger partial charge is 0.216 e. The van der Waals surface area contributed by atoms with E-state index in [4.69, 9.17) is 14.7 Å². The third kappa shape index (κ3) is 5.41. The van der Waals surface area contributed by atoms with Crippen LogP contribution in [0.15, 0.2) is 24.7 Å². The number of anilines is 1. The zero-order valence-corrected chi connectivity index (χ0v) is 17.8. The molecule has 0 N–H and O–H groups in total. The predicted molar refractivity (Wildman–Crippen MR) is 114 cm³/mol. The zero-order valence-electron chi connectivity index (χ0n) is 17.8. The van der Waals surface area contributed by atoms with Crippen LogP contribution in [0.2, 0.25) is 0 Å². The molecule has 0 bridgehead atoms. The molecule has 1 saturated heterocycles. The molecular formula is C22H32N6O. The normalized spacial score (nSPS) is 18.1. The molecule has 2 aliphatic rings. The van der Waals surface area contributed by atoms with E-state index in [-0.39, 0.29) is 5.41 Å². The molecule has 2 aromatic rings. The first-order valence-electron chi connectivity index (χ1n) is 10.7. The van der Waals surface area contributed by atoms with E-state index in [1.54, 1.807) is 12.3 Å². The van der Waals surface area contributed by atoms with Gasteiger partial charge in [-0.15, -0.1) is 0 Å². The highest BCUT2D eigenvalue weighted by Crippen LogP contribution is 2.40. The number of piperazine rings is 1. The Balaban J connectivity index is 1.28. The van der Waals surface area contributed by atoms with E-state index in [0.717, 1.165) is 50.8 Å². The van der Waals surface area contributed by atoms with E-state index in [1.165, 1.54) is 24.9 Å². The van der Waals surface area contributed by atoms with Gasteiger partial charge in [-0.2, -0.15) is 0 Å². The molecule has 1 saturated carbocycles. The molecule has 2 aromatic heterocycles. The Morgan fingerprint density at radius 2 is 1.90 bits per heavy atom. The molecule has 0 unspecified atom stereocenters. The lowest BCUT2D eigenvalue weighted by Crippen LogP contribution is -2.47. The molecule has 0 amide bonds. The van der Waals surface area contributed by atoms with Crippen LogP contribution in [0.5, 0.6) is 5.88 Å². The topological polar surface area (TPSA) is 67.3 Å². The van der Waals surface area contributed by atoms with E-state index in [0.29, 0.717) is 18.4 Å². The Morgan fingerprint density at radius 3 is 2.55 bits per heavy atom. The number of aromatic nitrogens is 4. The Bertz CT molecular complexity index is 795. The van der Waals surface area contributed by atoms with Crippen LogP contribution in [-0.4, -0.2) is 64.2 Å². The maximum Gasteiger partial charge on any atom is 0.216 e. The van der Waals surface area contributed by atoms with Gasteiger partial charge >= 0.3 is 0 Å². The number of nitrogens with zero attached hydrogens (tertiary/aromatic N) is 6. The number of hydrogen-bond donors (Lipinski definition) is 0. The highest BCUT2D eigenvalue weighted by atomic mass is 16.5. The van der Waals surface area contributed by atoms with E-state index >= 15 is 0 Å². The quantitative estimate of drug-likeness (QED) is 0.666. The zero-order chi connectivity index (χ0) is 20.3. The van der Waals surface area contributed by atoms with Gasteiger partial charge in [-0.25, -0.2) is 19.9 Å². The van der Waals surface area contributed by atoms with Gasteiger partial charge < -0.3 is 9.64 Å². The minimum Gasteiger partial charge on any atom is -0.478 e. The second-order valence-corrected chi connectivity index (χ2v) is 9.08. The Kier molecular flexibility index (Phi) is 5.94. The molecule has 2 fully saturated rings. The predicted octanol–water partition coefficient (Wildman–Crippen LogP) is 3.03. The highest BCUT2D eigenvalue weighted by Gasteiger charge is 2.29. The van der Waals surface area contributed by atoms with Crippen molar-refractivity contribution in [2.24, 2.45) is 0 Å². The number of rotatable bonds is 7. The van der Waals surface area contributed by atoms with Gasteiger partial charge in [0.15, 0.2) is 0 Å². The van der Waals surface area contributed by atoms with Crippen LogP contribution in [-0.2, 0) is 5.41 Å². The molecule has 3 heterocycles. The number of ether oxygens (including phenoxy) is 1. The molecule has 1 aliphatic carbocycles. The summed E-state index contributed by atoms with van der Waals surface area (Å²) in [5.41, 5.74) is 1.22. The maximum absolute atomic E-state index is 5.67. The van der Waals surface area contributed by atoms with Crippen molar-refractivity contribution in [2.75, 3.05) is 44.2 Å². The summed E-state index contributed by atoms with van der Waals surface area (Å²) in [7, 11) is 0. The molecule has 7 heteroatoms. The minimum absolute atomic E-state index is 0.0227. The average Bonchev–Trinajstić information content (AvgIpc) is 3.57. The van der Waals surface area contributed by atoms with Crippen molar-refractivity contribution in [1.29, 1.82) is 0 Å². The molecule has 0 spiro atoms. The first kappa shape index (κ1) is 20.0. The first-order chi connectivity index (χ1) is 14.0. The van der Waals surface area contributed by atoms with Crippen LogP contribution < -0.4 is 9.64 Å². The average molecular weight is 397 g/mol. The monoisotopic (exact) mass is 396 g/mol. The Morgan fingerprint density at radius 1 is 1.10 bits per heavy atom. The molecule has 7 nitrogen and oxygen atoms in total.